The molecule has 0 atom stereocenters. The molecule has 1 saturated heterocycles. The molecule has 1 aliphatic rings. The molecule has 6 heteroatoms. The standard InChI is InChI=1S/C4H5NO2.C2H4O3/c6-3-1-2-4(7)5-3;3-1-2(4)5/h1-2H2,(H,5,6,7);3H,1H2,(H,4,5). The third kappa shape index (κ3) is 5.36. The molecule has 1 fully saturated rings. The molecule has 68 valence electrons. The van der Waals surface area contributed by atoms with E-state index in [-0.39, 0.29) is 11.8 Å². The van der Waals surface area contributed by atoms with Crippen LogP contribution >= 0.6 is 0 Å². The average Bonchev–Trinajstić information content (AvgIpc) is 2.36. The molecule has 0 unspecified atom stereocenters. The minimum absolute atomic E-state index is 0.148. The number of hydrogen-bond donors (Lipinski definition) is 3. The van der Waals surface area contributed by atoms with Gasteiger partial charge < -0.3 is 10.2 Å². The quantitative estimate of drug-likeness (QED) is 0.420. The maximum absolute atomic E-state index is 10.1. The Morgan fingerprint density at radius 2 is 1.67 bits per heavy atom. The van der Waals surface area contributed by atoms with Crippen LogP contribution in [0.15, 0.2) is 0 Å². The van der Waals surface area contributed by atoms with Crippen LogP contribution in [-0.2, 0) is 14.4 Å². The van der Waals surface area contributed by atoms with E-state index >= 15 is 0 Å². The summed E-state index contributed by atoms with van der Waals surface area (Å²) in [6.45, 7) is -0.778. The summed E-state index contributed by atoms with van der Waals surface area (Å²) in [5.41, 5.74) is 0. The van der Waals surface area contributed by atoms with Gasteiger partial charge in [0.1, 0.15) is 6.61 Å². The van der Waals surface area contributed by atoms with Gasteiger partial charge in [-0.1, -0.05) is 0 Å². The first-order chi connectivity index (χ1) is 5.56. The molecule has 0 aromatic rings. The van der Waals surface area contributed by atoms with Crippen LogP contribution in [0.4, 0.5) is 0 Å². The van der Waals surface area contributed by atoms with E-state index < -0.39 is 12.6 Å². The first-order valence-corrected chi connectivity index (χ1v) is 3.21. The van der Waals surface area contributed by atoms with Gasteiger partial charge in [-0.2, -0.15) is 0 Å². The fourth-order valence-electron chi connectivity index (χ4n) is 0.508. The first kappa shape index (κ1) is 10.6. The average molecular weight is 175 g/mol. The lowest BCUT2D eigenvalue weighted by atomic mass is 10.4. The summed E-state index contributed by atoms with van der Waals surface area (Å²) in [4.78, 5) is 29.4. The number of carbonyl (C=O) groups excluding carboxylic acids is 2. The zero-order valence-corrected chi connectivity index (χ0v) is 6.24. The van der Waals surface area contributed by atoms with Gasteiger partial charge in [0, 0.05) is 12.8 Å². The van der Waals surface area contributed by atoms with Gasteiger partial charge in [0.15, 0.2) is 0 Å². The smallest absolute Gasteiger partial charge is 0.329 e. The monoisotopic (exact) mass is 175 g/mol. The van der Waals surface area contributed by atoms with Crippen LogP contribution in [0.5, 0.6) is 0 Å². The fraction of sp³-hybridized carbons (Fsp3) is 0.500. The van der Waals surface area contributed by atoms with E-state index in [0.29, 0.717) is 12.8 Å². The van der Waals surface area contributed by atoms with Gasteiger partial charge in [-0.15, -0.1) is 0 Å². The number of aliphatic hydroxyl groups excluding tert-OH is 1. The largest absolute Gasteiger partial charge is 0.480 e. The van der Waals surface area contributed by atoms with E-state index in [4.69, 9.17) is 15.0 Å². The Morgan fingerprint density at radius 3 is 1.75 bits per heavy atom. The van der Waals surface area contributed by atoms with Crippen molar-refractivity contribution in [3.05, 3.63) is 0 Å². The maximum atomic E-state index is 10.1. The molecule has 0 spiro atoms. The van der Waals surface area contributed by atoms with Crippen molar-refractivity contribution in [1.82, 2.24) is 5.32 Å². The second-order valence-corrected chi connectivity index (χ2v) is 2.02. The molecule has 0 aliphatic carbocycles. The summed E-state index contributed by atoms with van der Waals surface area (Å²) in [5, 5.41) is 17.2. The van der Waals surface area contributed by atoms with Gasteiger partial charge in [-0.3, -0.25) is 14.9 Å². The fourth-order valence-corrected chi connectivity index (χ4v) is 0.508. The number of carbonyl (C=O) groups is 3. The van der Waals surface area contributed by atoms with Crippen molar-refractivity contribution in [3.63, 3.8) is 0 Å². The van der Waals surface area contributed by atoms with Gasteiger partial charge in [0.25, 0.3) is 0 Å². The Balaban J connectivity index is 0.000000217. The summed E-state index contributed by atoms with van der Waals surface area (Å²) in [5.74, 6) is -1.49. The van der Waals surface area contributed by atoms with Crippen LogP contribution in [0.1, 0.15) is 12.8 Å². The van der Waals surface area contributed by atoms with Gasteiger partial charge in [-0.05, 0) is 0 Å². The van der Waals surface area contributed by atoms with E-state index in [9.17, 15) is 9.59 Å². The molecule has 12 heavy (non-hydrogen) atoms. The number of rotatable bonds is 1. The number of amides is 2. The van der Waals surface area contributed by atoms with Gasteiger partial charge >= 0.3 is 5.97 Å². The van der Waals surface area contributed by atoms with Gasteiger partial charge in [0.2, 0.25) is 11.8 Å². The lowest BCUT2D eigenvalue weighted by Gasteiger charge is -1.79. The predicted octanol–water partition coefficient (Wildman–Crippen LogP) is -1.51. The van der Waals surface area contributed by atoms with E-state index in [2.05, 4.69) is 5.32 Å². The number of imide groups is 1. The molecule has 2 amide bonds. The third-order valence-corrected chi connectivity index (χ3v) is 0.993. The highest BCUT2D eigenvalue weighted by molar-refractivity contribution is 6.01. The van der Waals surface area contributed by atoms with Crippen LogP contribution < -0.4 is 5.32 Å². The predicted molar refractivity (Wildman–Crippen MR) is 37.1 cm³/mol. The minimum Gasteiger partial charge on any atom is -0.480 e. The number of hydrogen-bond acceptors (Lipinski definition) is 4. The van der Waals surface area contributed by atoms with Crippen molar-refractivity contribution in [2.75, 3.05) is 6.61 Å². The Bertz CT molecular complexity index is 186. The van der Waals surface area contributed by atoms with Crippen molar-refractivity contribution in [2.24, 2.45) is 0 Å². The van der Waals surface area contributed by atoms with Crippen LogP contribution in [-0.4, -0.2) is 34.6 Å². The normalized spacial score (nSPS) is 14.8. The summed E-state index contributed by atoms with van der Waals surface area (Å²) >= 11 is 0. The molecular weight excluding hydrogens is 166 g/mol. The Kier molecular flexibility index (Phi) is 4.62. The lowest BCUT2D eigenvalue weighted by molar-refractivity contribution is -0.140. The summed E-state index contributed by atoms with van der Waals surface area (Å²) in [7, 11) is 0. The second kappa shape index (κ2) is 5.25. The molecule has 0 radical (unpaired) electrons. The summed E-state index contributed by atoms with van der Waals surface area (Å²) < 4.78 is 0. The molecule has 0 aromatic carbocycles. The third-order valence-electron chi connectivity index (χ3n) is 0.993. The molecule has 1 heterocycles. The van der Waals surface area contributed by atoms with Crippen molar-refractivity contribution in [2.45, 2.75) is 12.8 Å². The second-order valence-electron chi connectivity index (χ2n) is 2.02. The van der Waals surface area contributed by atoms with Crippen LogP contribution in [0.2, 0.25) is 0 Å². The van der Waals surface area contributed by atoms with Crippen molar-refractivity contribution in [1.29, 1.82) is 0 Å². The minimum atomic E-state index is -1.19. The number of nitrogens with one attached hydrogen (secondary N) is 1. The van der Waals surface area contributed by atoms with Crippen molar-refractivity contribution < 1.29 is 24.6 Å². The SMILES string of the molecule is O=C(O)CO.O=C1CCC(=O)N1. The van der Waals surface area contributed by atoms with E-state index in [0.717, 1.165) is 0 Å². The maximum Gasteiger partial charge on any atom is 0.329 e. The zero-order chi connectivity index (χ0) is 9.56. The van der Waals surface area contributed by atoms with E-state index in [1.807, 2.05) is 0 Å². The molecule has 6 nitrogen and oxygen atoms in total. The zero-order valence-electron chi connectivity index (χ0n) is 6.24. The number of carboxylic acids is 1. The molecule has 3 N–H and O–H groups in total. The van der Waals surface area contributed by atoms with Gasteiger partial charge in [0.05, 0.1) is 0 Å². The number of aliphatic hydroxyl groups is 1. The summed E-state index contributed by atoms with van der Waals surface area (Å²) in [6, 6.07) is 0. The van der Waals surface area contributed by atoms with Crippen LogP contribution in [0.3, 0.4) is 0 Å². The van der Waals surface area contributed by atoms with E-state index in [1.54, 1.807) is 0 Å². The lowest BCUT2D eigenvalue weighted by Crippen LogP contribution is -2.18. The summed E-state index contributed by atoms with van der Waals surface area (Å²) in [6.07, 6.45) is 0.748. The van der Waals surface area contributed by atoms with Crippen molar-refractivity contribution in [3.8, 4) is 0 Å². The Hall–Kier alpha value is -1.43. The topological polar surface area (TPSA) is 104 Å². The highest BCUT2D eigenvalue weighted by Gasteiger charge is 2.15. The first-order valence-electron chi connectivity index (χ1n) is 3.21. The Morgan fingerprint density at radius 1 is 1.33 bits per heavy atom. The Labute approximate surface area is 68.2 Å². The molecule has 0 bridgehead atoms. The van der Waals surface area contributed by atoms with Crippen molar-refractivity contribution >= 4 is 17.8 Å². The molecule has 1 rings (SSSR count). The highest BCUT2D eigenvalue weighted by atomic mass is 16.4. The highest BCUT2D eigenvalue weighted by Crippen LogP contribution is 1.95. The van der Waals surface area contributed by atoms with Crippen LogP contribution in [0, 0.1) is 0 Å². The molecule has 1 aliphatic heterocycles. The molecule has 0 aromatic heterocycles. The van der Waals surface area contributed by atoms with E-state index in [1.165, 1.54) is 0 Å². The number of carboxylic acid groups (broad SMARTS) is 1. The molecular formula is C6H9NO5. The van der Waals surface area contributed by atoms with Crippen LogP contribution in [0.25, 0.3) is 0 Å². The molecule has 0 saturated carbocycles. The van der Waals surface area contributed by atoms with Gasteiger partial charge in [-0.25, -0.2) is 4.79 Å². The number of aliphatic carboxylic acids is 1.